The lowest BCUT2D eigenvalue weighted by Gasteiger charge is -2.04. The van der Waals surface area contributed by atoms with Gasteiger partial charge in [0.1, 0.15) is 0 Å². The van der Waals surface area contributed by atoms with Gasteiger partial charge in [-0.3, -0.25) is 0 Å². The Morgan fingerprint density at radius 2 is 1.28 bits per heavy atom. The third kappa shape index (κ3) is 7.10. The van der Waals surface area contributed by atoms with Gasteiger partial charge in [-0.2, -0.15) is 0 Å². The van der Waals surface area contributed by atoms with E-state index in [4.69, 9.17) is 10.2 Å². The van der Waals surface area contributed by atoms with Crippen LogP contribution in [0.5, 0.6) is 11.5 Å². The van der Waals surface area contributed by atoms with Gasteiger partial charge in [0.25, 0.3) is 0 Å². The van der Waals surface area contributed by atoms with Gasteiger partial charge < -0.3 is 19.7 Å². The van der Waals surface area contributed by atoms with Crippen LogP contribution in [-0.2, 0) is 0 Å². The predicted molar refractivity (Wildman–Crippen MR) is 64.3 cm³/mol. The van der Waals surface area contributed by atoms with E-state index in [1.54, 1.807) is 0 Å². The Hall–Kier alpha value is -2.24. The number of hydrogen-bond donors (Lipinski definition) is 2. The van der Waals surface area contributed by atoms with Crippen LogP contribution in [0.3, 0.4) is 0 Å². The second-order valence-corrected chi connectivity index (χ2v) is 3.18. The minimum absolute atomic E-state index is 0.164. The van der Waals surface area contributed by atoms with Crippen LogP contribution in [0.4, 0.5) is 9.59 Å². The molecule has 2 N–H and O–H groups in total. The molecule has 0 saturated carbocycles. The number of hydrogen-bond acceptors (Lipinski definition) is 4. The average Bonchev–Trinajstić information content (AvgIpc) is 2.31. The summed E-state index contributed by atoms with van der Waals surface area (Å²) in [6.07, 6.45) is -0.433. The van der Waals surface area contributed by atoms with Crippen molar-refractivity contribution >= 4 is 12.3 Å². The molecule has 1 aromatic rings. The van der Waals surface area contributed by atoms with Crippen molar-refractivity contribution in [1.29, 1.82) is 0 Å². The molecule has 0 bridgehead atoms. The standard InChI is InChI=1S/C8H6O6.C4H10/c9-7(10)13-5-3-1-2-4-6(5)14-8(11)12;1-3-4-2/h1-4H,(H,9,10)(H,11,12);3-4H2,1-2H3. The van der Waals surface area contributed by atoms with Crippen molar-refractivity contribution in [2.24, 2.45) is 0 Å². The molecule has 0 aliphatic heterocycles. The van der Waals surface area contributed by atoms with Crippen molar-refractivity contribution < 1.29 is 29.3 Å². The van der Waals surface area contributed by atoms with Crippen molar-refractivity contribution in [3.8, 4) is 11.5 Å². The molecule has 0 saturated heterocycles. The third-order valence-corrected chi connectivity index (χ3v) is 1.74. The lowest BCUT2D eigenvalue weighted by Crippen LogP contribution is -2.08. The van der Waals surface area contributed by atoms with Crippen LogP contribution in [0, 0.1) is 0 Å². The smallest absolute Gasteiger partial charge is 0.449 e. The molecular formula is C12H16O6. The third-order valence-electron chi connectivity index (χ3n) is 1.74. The van der Waals surface area contributed by atoms with Gasteiger partial charge in [-0.1, -0.05) is 38.8 Å². The molecule has 0 fully saturated rings. The molecule has 100 valence electrons. The number of rotatable bonds is 3. The second kappa shape index (κ2) is 8.86. The zero-order chi connectivity index (χ0) is 14.0. The molecule has 18 heavy (non-hydrogen) atoms. The van der Waals surface area contributed by atoms with Crippen LogP contribution < -0.4 is 9.47 Å². The molecule has 0 aliphatic carbocycles. The Morgan fingerprint density at radius 1 is 0.944 bits per heavy atom. The highest BCUT2D eigenvalue weighted by atomic mass is 16.7. The van der Waals surface area contributed by atoms with E-state index in [0.717, 1.165) is 0 Å². The van der Waals surface area contributed by atoms with Crippen molar-refractivity contribution in [2.75, 3.05) is 0 Å². The summed E-state index contributed by atoms with van der Waals surface area (Å²) in [6, 6.07) is 5.55. The Morgan fingerprint density at radius 3 is 1.50 bits per heavy atom. The summed E-state index contributed by atoms with van der Waals surface area (Å²) < 4.78 is 8.55. The van der Waals surface area contributed by atoms with Crippen molar-refractivity contribution in [3.05, 3.63) is 24.3 Å². The topological polar surface area (TPSA) is 93.1 Å². The molecule has 0 aliphatic rings. The van der Waals surface area contributed by atoms with Gasteiger partial charge in [-0.25, -0.2) is 9.59 Å². The Kier molecular flexibility index (Phi) is 7.76. The Balaban J connectivity index is 0.000000631. The average molecular weight is 256 g/mol. The minimum atomic E-state index is -1.54. The van der Waals surface area contributed by atoms with E-state index in [0.29, 0.717) is 0 Å². The lowest BCUT2D eigenvalue weighted by atomic mass is 10.3. The molecule has 6 nitrogen and oxygen atoms in total. The quantitative estimate of drug-likeness (QED) is 0.633. The fraction of sp³-hybridized carbons (Fsp3) is 0.333. The molecule has 0 aromatic heterocycles. The van der Waals surface area contributed by atoms with E-state index in [9.17, 15) is 9.59 Å². The summed E-state index contributed by atoms with van der Waals surface area (Å²) in [4.78, 5) is 20.4. The maximum atomic E-state index is 10.2. The van der Waals surface area contributed by atoms with E-state index in [1.807, 2.05) is 0 Å². The normalized spacial score (nSPS) is 8.78. The van der Waals surface area contributed by atoms with E-state index in [1.165, 1.54) is 37.1 Å². The summed E-state index contributed by atoms with van der Waals surface area (Å²) in [6.45, 7) is 4.36. The van der Waals surface area contributed by atoms with Crippen LogP contribution in [0.2, 0.25) is 0 Å². The van der Waals surface area contributed by atoms with Crippen LogP contribution in [0.25, 0.3) is 0 Å². The van der Waals surface area contributed by atoms with Crippen LogP contribution >= 0.6 is 0 Å². The van der Waals surface area contributed by atoms with Gasteiger partial charge in [0.05, 0.1) is 0 Å². The van der Waals surface area contributed by atoms with Gasteiger partial charge in [0.15, 0.2) is 11.5 Å². The zero-order valence-electron chi connectivity index (χ0n) is 10.3. The highest BCUT2D eigenvalue weighted by Crippen LogP contribution is 2.26. The van der Waals surface area contributed by atoms with Crippen molar-refractivity contribution in [2.45, 2.75) is 26.7 Å². The molecule has 0 amide bonds. The minimum Gasteiger partial charge on any atom is -0.449 e. The number of para-hydroxylation sites is 2. The highest BCUT2D eigenvalue weighted by molar-refractivity contribution is 5.66. The monoisotopic (exact) mass is 256 g/mol. The molecule has 1 rings (SSSR count). The molecule has 0 radical (unpaired) electrons. The number of ether oxygens (including phenoxy) is 2. The number of benzene rings is 1. The molecule has 1 aromatic carbocycles. The van der Waals surface area contributed by atoms with E-state index in [-0.39, 0.29) is 11.5 Å². The van der Waals surface area contributed by atoms with Crippen molar-refractivity contribution in [1.82, 2.24) is 0 Å². The van der Waals surface area contributed by atoms with Crippen LogP contribution in [-0.4, -0.2) is 22.5 Å². The highest BCUT2D eigenvalue weighted by Gasteiger charge is 2.10. The molecule has 0 atom stereocenters. The maximum absolute atomic E-state index is 10.2. The van der Waals surface area contributed by atoms with E-state index < -0.39 is 12.3 Å². The summed E-state index contributed by atoms with van der Waals surface area (Å²) in [5.41, 5.74) is 0. The van der Waals surface area contributed by atoms with Crippen LogP contribution in [0.15, 0.2) is 24.3 Å². The molecule has 6 heteroatoms. The zero-order valence-corrected chi connectivity index (χ0v) is 10.3. The fourth-order valence-corrected chi connectivity index (χ4v) is 0.807. The largest absolute Gasteiger partial charge is 0.511 e. The Labute approximate surface area is 105 Å². The maximum Gasteiger partial charge on any atom is 0.511 e. The summed E-state index contributed by atoms with van der Waals surface area (Å²) in [7, 11) is 0. The summed E-state index contributed by atoms with van der Waals surface area (Å²) in [5.74, 6) is -0.329. The van der Waals surface area contributed by atoms with Gasteiger partial charge >= 0.3 is 12.3 Å². The first-order chi connectivity index (χ1) is 8.51. The first-order valence-corrected chi connectivity index (χ1v) is 5.41. The van der Waals surface area contributed by atoms with Crippen LogP contribution in [0.1, 0.15) is 26.7 Å². The van der Waals surface area contributed by atoms with Gasteiger partial charge in [-0.05, 0) is 12.1 Å². The first-order valence-electron chi connectivity index (χ1n) is 5.41. The molecule has 0 heterocycles. The van der Waals surface area contributed by atoms with E-state index in [2.05, 4.69) is 23.3 Å². The fourth-order valence-electron chi connectivity index (χ4n) is 0.807. The molecule has 0 spiro atoms. The second-order valence-electron chi connectivity index (χ2n) is 3.18. The molecular weight excluding hydrogens is 240 g/mol. The predicted octanol–water partition coefficient (Wildman–Crippen LogP) is 3.61. The van der Waals surface area contributed by atoms with Gasteiger partial charge in [0.2, 0.25) is 0 Å². The van der Waals surface area contributed by atoms with E-state index >= 15 is 0 Å². The summed E-state index contributed by atoms with van der Waals surface area (Å²) in [5, 5.41) is 16.6. The number of carboxylic acid groups (broad SMARTS) is 2. The van der Waals surface area contributed by atoms with Crippen molar-refractivity contribution in [3.63, 3.8) is 0 Å². The number of unbranched alkanes of at least 4 members (excludes halogenated alkanes) is 1. The Bertz CT molecular complexity index is 351. The SMILES string of the molecule is CCCC.O=C(O)Oc1ccccc1OC(=O)O. The molecule has 0 unspecified atom stereocenters. The summed E-state index contributed by atoms with van der Waals surface area (Å²) >= 11 is 0. The first kappa shape index (κ1) is 15.8. The van der Waals surface area contributed by atoms with Gasteiger partial charge in [0, 0.05) is 0 Å². The van der Waals surface area contributed by atoms with Gasteiger partial charge in [-0.15, -0.1) is 0 Å². The number of carbonyl (C=O) groups is 2. The lowest BCUT2D eigenvalue weighted by molar-refractivity contribution is 0.132.